The van der Waals surface area contributed by atoms with Crippen molar-refractivity contribution < 1.29 is 19.1 Å². The summed E-state index contributed by atoms with van der Waals surface area (Å²) in [6, 6.07) is 0. The SMILES string of the molecule is COC(=O)C1(C(=O)OC)C=C(C2CCCCC2)[C@H]2CCC=C[C@H]21. The average molecular weight is 318 g/mol. The van der Waals surface area contributed by atoms with E-state index in [9.17, 15) is 9.59 Å². The number of carbonyl (C=O) groups excluding carboxylic acids is 2. The van der Waals surface area contributed by atoms with Crippen LogP contribution in [-0.2, 0) is 19.1 Å². The predicted molar refractivity (Wildman–Crippen MR) is 86.5 cm³/mol. The molecule has 3 aliphatic rings. The highest BCUT2D eigenvalue weighted by Crippen LogP contribution is 2.54. The molecule has 2 atom stereocenters. The molecule has 0 spiro atoms. The first-order chi connectivity index (χ1) is 11.1. The molecule has 0 amide bonds. The molecule has 0 N–H and O–H groups in total. The summed E-state index contributed by atoms with van der Waals surface area (Å²) in [5.41, 5.74) is 0.00700. The number of esters is 2. The van der Waals surface area contributed by atoms with Crippen LogP contribution in [0.3, 0.4) is 0 Å². The monoisotopic (exact) mass is 318 g/mol. The molecule has 126 valence electrons. The first-order valence-corrected chi connectivity index (χ1v) is 8.71. The molecule has 4 nitrogen and oxygen atoms in total. The Kier molecular flexibility index (Phi) is 4.60. The maximum Gasteiger partial charge on any atom is 0.327 e. The fourth-order valence-electron chi connectivity index (χ4n) is 4.81. The molecule has 1 saturated carbocycles. The van der Waals surface area contributed by atoms with E-state index in [1.807, 2.05) is 12.2 Å². The third kappa shape index (κ3) is 2.52. The van der Waals surface area contributed by atoms with Gasteiger partial charge in [-0.05, 0) is 37.5 Å². The minimum absolute atomic E-state index is 0.159. The Morgan fingerprint density at radius 1 is 1.04 bits per heavy atom. The zero-order valence-corrected chi connectivity index (χ0v) is 14.0. The van der Waals surface area contributed by atoms with Gasteiger partial charge in [0.25, 0.3) is 0 Å². The van der Waals surface area contributed by atoms with E-state index < -0.39 is 17.4 Å². The molecule has 1 fully saturated rings. The summed E-state index contributed by atoms with van der Waals surface area (Å²) in [4.78, 5) is 25.2. The number of hydrogen-bond donors (Lipinski definition) is 0. The molecule has 0 saturated heterocycles. The van der Waals surface area contributed by atoms with Crippen LogP contribution in [0.15, 0.2) is 23.8 Å². The van der Waals surface area contributed by atoms with Gasteiger partial charge < -0.3 is 9.47 Å². The minimum atomic E-state index is -1.29. The van der Waals surface area contributed by atoms with E-state index in [2.05, 4.69) is 6.08 Å². The van der Waals surface area contributed by atoms with Crippen LogP contribution in [0.2, 0.25) is 0 Å². The molecule has 23 heavy (non-hydrogen) atoms. The van der Waals surface area contributed by atoms with Crippen molar-refractivity contribution in [2.75, 3.05) is 14.2 Å². The molecule has 4 heteroatoms. The van der Waals surface area contributed by atoms with Crippen LogP contribution >= 0.6 is 0 Å². The zero-order chi connectivity index (χ0) is 16.4. The van der Waals surface area contributed by atoms with Crippen LogP contribution in [0.5, 0.6) is 0 Å². The molecule has 3 aliphatic carbocycles. The van der Waals surface area contributed by atoms with Gasteiger partial charge in [-0.15, -0.1) is 0 Å². The highest BCUT2D eigenvalue weighted by molar-refractivity contribution is 6.04. The lowest BCUT2D eigenvalue weighted by Gasteiger charge is -2.34. The molecule has 0 bridgehead atoms. The van der Waals surface area contributed by atoms with Gasteiger partial charge in [0.2, 0.25) is 0 Å². The van der Waals surface area contributed by atoms with Crippen LogP contribution in [0.25, 0.3) is 0 Å². The number of hydrogen-bond acceptors (Lipinski definition) is 4. The predicted octanol–water partition coefficient (Wildman–Crippen LogP) is 3.42. The topological polar surface area (TPSA) is 52.6 Å². The maximum absolute atomic E-state index is 12.6. The van der Waals surface area contributed by atoms with Gasteiger partial charge in [0, 0.05) is 5.92 Å². The Labute approximate surface area is 137 Å². The van der Waals surface area contributed by atoms with E-state index in [0.29, 0.717) is 5.92 Å². The number of carbonyl (C=O) groups is 2. The van der Waals surface area contributed by atoms with Gasteiger partial charge in [-0.2, -0.15) is 0 Å². The van der Waals surface area contributed by atoms with E-state index in [1.54, 1.807) is 0 Å². The van der Waals surface area contributed by atoms with Crippen molar-refractivity contribution in [1.29, 1.82) is 0 Å². The summed E-state index contributed by atoms with van der Waals surface area (Å²) in [5.74, 6) is -0.373. The molecule has 0 unspecified atom stereocenters. The lowest BCUT2D eigenvalue weighted by Crippen LogP contribution is -2.45. The van der Waals surface area contributed by atoms with Crippen LogP contribution in [0, 0.1) is 23.2 Å². The number of ether oxygens (including phenoxy) is 2. The van der Waals surface area contributed by atoms with Gasteiger partial charge in [-0.1, -0.05) is 43.1 Å². The molecular weight excluding hydrogens is 292 g/mol. The van der Waals surface area contributed by atoms with Crippen LogP contribution < -0.4 is 0 Å². The Morgan fingerprint density at radius 3 is 2.30 bits per heavy atom. The van der Waals surface area contributed by atoms with Gasteiger partial charge in [0.1, 0.15) is 0 Å². The third-order valence-electron chi connectivity index (χ3n) is 5.89. The second kappa shape index (κ2) is 6.50. The first kappa shape index (κ1) is 16.3. The molecular formula is C19H26O4. The highest BCUT2D eigenvalue weighted by atomic mass is 16.5. The number of methoxy groups -OCH3 is 2. The van der Waals surface area contributed by atoms with E-state index >= 15 is 0 Å². The summed E-state index contributed by atoms with van der Waals surface area (Å²) in [5, 5.41) is 0. The lowest BCUT2D eigenvalue weighted by molar-refractivity contribution is -0.168. The molecule has 0 aromatic carbocycles. The van der Waals surface area contributed by atoms with Crippen LogP contribution in [-0.4, -0.2) is 26.2 Å². The number of rotatable bonds is 3. The van der Waals surface area contributed by atoms with Gasteiger partial charge in [-0.25, -0.2) is 0 Å². The van der Waals surface area contributed by atoms with Crippen molar-refractivity contribution in [3.8, 4) is 0 Å². The maximum atomic E-state index is 12.6. The normalized spacial score (nSPS) is 29.6. The summed E-state index contributed by atoms with van der Waals surface area (Å²) in [6.07, 6.45) is 14.1. The second-order valence-corrected chi connectivity index (χ2v) is 6.97. The Bertz CT molecular complexity index is 524. The quantitative estimate of drug-likeness (QED) is 0.454. The highest BCUT2D eigenvalue weighted by Gasteiger charge is 2.60. The molecule has 3 rings (SSSR count). The number of fused-ring (bicyclic) bond motifs is 1. The average Bonchev–Trinajstić information content (AvgIpc) is 2.97. The fraction of sp³-hybridized carbons (Fsp3) is 0.684. The van der Waals surface area contributed by atoms with E-state index in [1.165, 1.54) is 39.1 Å². The molecule has 0 aromatic heterocycles. The van der Waals surface area contributed by atoms with Crippen molar-refractivity contribution in [3.05, 3.63) is 23.8 Å². The van der Waals surface area contributed by atoms with Crippen LogP contribution in [0.4, 0.5) is 0 Å². The molecule has 0 heterocycles. The Balaban J connectivity index is 2.06. The Morgan fingerprint density at radius 2 is 1.70 bits per heavy atom. The smallest absolute Gasteiger partial charge is 0.327 e. The summed E-state index contributed by atoms with van der Waals surface area (Å²) >= 11 is 0. The van der Waals surface area contributed by atoms with Crippen molar-refractivity contribution in [1.82, 2.24) is 0 Å². The summed E-state index contributed by atoms with van der Waals surface area (Å²) < 4.78 is 10.1. The first-order valence-electron chi connectivity index (χ1n) is 8.71. The molecule has 0 radical (unpaired) electrons. The van der Waals surface area contributed by atoms with Gasteiger partial charge in [-0.3, -0.25) is 9.59 Å². The van der Waals surface area contributed by atoms with Crippen LogP contribution in [0.1, 0.15) is 44.9 Å². The number of allylic oxidation sites excluding steroid dienone is 3. The standard InChI is InChI=1S/C19H26O4/c1-22-17(20)19(18(21)23-2)12-15(13-8-4-3-5-9-13)14-10-6-7-11-16(14)19/h7,11-14,16H,3-6,8-10H2,1-2H3/t14-,16-/m1/s1. The molecule has 0 aliphatic heterocycles. The fourth-order valence-corrected chi connectivity index (χ4v) is 4.81. The van der Waals surface area contributed by atoms with Gasteiger partial charge in [0.05, 0.1) is 14.2 Å². The summed E-state index contributed by atoms with van der Waals surface area (Å²) in [7, 11) is 2.70. The minimum Gasteiger partial charge on any atom is -0.468 e. The second-order valence-electron chi connectivity index (χ2n) is 6.97. The Hall–Kier alpha value is -1.58. The lowest BCUT2D eigenvalue weighted by atomic mass is 9.69. The van der Waals surface area contributed by atoms with E-state index in [0.717, 1.165) is 25.7 Å². The summed E-state index contributed by atoms with van der Waals surface area (Å²) in [6.45, 7) is 0. The molecule has 0 aromatic rings. The van der Waals surface area contributed by atoms with Crippen molar-refractivity contribution in [3.63, 3.8) is 0 Å². The third-order valence-corrected chi connectivity index (χ3v) is 5.89. The van der Waals surface area contributed by atoms with Crippen molar-refractivity contribution in [2.24, 2.45) is 23.2 Å². The van der Waals surface area contributed by atoms with Gasteiger partial charge in [0.15, 0.2) is 5.41 Å². The van der Waals surface area contributed by atoms with E-state index in [-0.39, 0.29) is 11.8 Å². The van der Waals surface area contributed by atoms with Crippen molar-refractivity contribution >= 4 is 11.9 Å². The zero-order valence-electron chi connectivity index (χ0n) is 14.0. The van der Waals surface area contributed by atoms with Crippen molar-refractivity contribution in [2.45, 2.75) is 44.9 Å². The van der Waals surface area contributed by atoms with E-state index in [4.69, 9.17) is 9.47 Å². The van der Waals surface area contributed by atoms with Gasteiger partial charge >= 0.3 is 11.9 Å². The largest absolute Gasteiger partial charge is 0.468 e.